The Morgan fingerprint density at radius 3 is 2.70 bits per heavy atom. The quantitative estimate of drug-likeness (QED) is 0.849. The van der Waals surface area contributed by atoms with Gasteiger partial charge in [0, 0.05) is 25.0 Å². The second kappa shape index (κ2) is 6.45. The molecule has 23 heavy (non-hydrogen) atoms. The molecule has 0 aliphatic carbocycles. The van der Waals surface area contributed by atoms with Crippen LogP contribution in [0.15, 0.2) is 54.5 Å². The monoisotopic (exact) mass is 306 g/mol. The molecule has 2 aromatic rings. The van der Waals surface area contributed by atoms with Crippen LogP contribution in [0.2, 0.25) is 0 Å². The lowest BCUT2D eigenvalue weighted by molar-refractivity contribution is 0.163. The maximum absolute atomic E-state index is 5.88. The third-order valence-electron chi connectivity index (χ3n) is 4.83. The maximum atomic E-state index is 5.88. The summed E-state index contributed by atoms with van der Waals surface area (Å²) in [7, 11) is 0. The van der Waals surface area contributed by atoms with Crippen molar-refractivity contribution in [3.05, 3.63) is 65.6 Å². The highest BCUT2D eigenvalue weighted by Gasteiger charge is 2.28. The van der Waals surface area contributed by atoms with Gasteiger partial charge in [-0.2, -0.15) is 0 Å². The number of rotatable bonds is 4. The standard InChI is InChI=1S/C20H22N2O/c1-2-4-17(5-3-1)15-23-20-12-18(13-21-14-20)11-19-10-16-6-8-22(19)9-7-16/h1-5,11-14,16H,6-10,15H2. The summed E-state index contributed by atoms with van der Waals surface area (Å²) in [6, 6.07) is 12.3. The van der Waals surface area contributed by atoms with Gasteiger partial charge in [-0.15, -0.1) is 0 Å². The highest BCUT2D eigenvalue weighted by Crippen LogP contribution is 2.35. The lowest BCUT2D eigenvalue weighted by Gasteiger charge is -2.42. The zero-order valence-corrected chi connectivity index (χ0v) is 13.3. The van der Waals surface area contributed by atoms with Gasteiger partial charge in [-0.1, -0.05) is 30.3 Å². The Kier molecular flexibility index (Phi) is 4.01. The molecular formula is C20H22N2O. The number of aromatic nitrogens is 1. The van der Waals surface area contributed by atoms with Crippen LogP contribution < -0.4 is 4.74 Å². The Bertz CT molecular complexity index is 688. The number of ether oxygens (including phenoxy) is 1. The van der Waals surface area contributed by atoms with Crippen LogP contribution in [0.5, 0.6) is 5.75 Å². The number of pyridine rings is 1. The molecule has 0 unspecified atom stereocenters. The van der Waals surface area contributed by atoms with Crippen molar-refractivity contribution in [3.63, 3.8) is 0 Å². The molecule has 0 atom stereocenters. The molecule has 3 aliphatic rings. The molecule has 0 radical (unpaired) electrons. The molecule has 3 heteroatoms. The van der Waals surface area contributed by atoms with Crippen LogP contribution in [-0.2, 0) is 6.61 Å². The van der Waals surface area contributed by atoms with E-state index in [9.17, 15) is 0 Å². The van der Waals surface area contributed by atoms with Crippen molar-refractivity contribution in [1.29, 1.82) is 0 Å². The first-order valence-corrected chi connectivity index (χ1v) is 8.44. The highest BCUT2D eigenvalue weighted by atomic mass is 16.5. The molecule has 0 spiro atoms. The second-order valence-corrected chi connectivity index (χ2v) is 6.50. The summed E-state index contributed by atoms with van der Waals surface area (Å²) < 4.78 is 5.88. The van der Waals surface area contributed by atoms with E-state index in [1.54, 1.807) is 6.20 Å². The van der Waals surface area contributed by atoms with Crippen molar-refractivity contribution in [2.75, 3.05) is 13.1 Å². The summed E-state index contributed by atoms with van der Waals surface area (Å²) in [6.45, 7) is 3.01. The van der Waals surface area contributed by atoms with Gasteiger partial charge >= 0.3 is 0 Å². The van der Waals surface area contributed by atoms with Crippen molar-refractivity contribution in [3.8, 4) is 5.75 Å². The largest absolute Gasteiger partial charge is 0.487 e. The van der Waals surface area contributed by atoms with Gasteiger partial charge in [-0.25, -0.2) is 0 Å². The van der Waals surface area contributed by atoms with Crippen LogP contribution in [0.1, 0.15) is 30.4 Å². The first-order chi connectivity index (χ1) is 11.4. The molecule has 0 N–H and O–H groups in total. The summed E-state index contributed by atoms with van der Waals surface area (Å²) in [5, 5.41) is 0. The van der Waals surface area contributed by atoms with Crippen molar-refractivity contribution < 1.29 is 4.74 Å². The third kappa shape index (κ3) is 3.39. The normalized spacial score (nSPS) is 19.3. The highest BCUT2D eigenvalue weighted by molar-refractivity contribution is 5.53. The summed E-state index contributed by atoms with van der Waals surface area (Å²) in [4.78, 5) is 6.86. The molecule has 3 aliphatic heterocycles. The fourth-order valence-corrected chi connectivity index (χ4v) is 3.53. The van der Waals surface area contributed by atoms with E-state index in [0.717, 1.165) is 17.2 Å². The third-order valence-corrected chi connectivity index (χ3v) is 4.83. The van der Waals surface area contributed by atoms with Gasteiger partial charge in [0.05, 0.1) is 6.20 Å². The second-order valence-electron chi connectivity index (χ2n) is 6.50. The smallest absolute Gasteiger partial charge is 0.138 e. The fraction of sp³-hybridized carbons (Fsp3) is 0.350. The molecule has 2 bridgehead atoms. The molecule has 3 saturated heterocycles. The summed E-state index contributed by atoms with van der Waals surface area (Å²) in [6.07, 6.45) is 9.93. The minimum absolute atomic E-state index is 0.580. The Hall–Kier alpha value is -2.29. The minimum Gasteiger partial charge on any atom is -0.487 e. The molecule has 3 nitrogen and oxygen atoms in total. The average Bonchev–Trinajstić information content (AvgIpc) is 2.62. The molecule has 0 amide bonds. The zero-order chi connectivity index (χ0) is 15.5. The van der Waals surface area contributed by atoms with Crippen LogP contribution in [0.4, 0.5) is 0 Å². The molecule has 1 aromatic carbocycles. The van der Waals surface area contributed by atoms with Crippen LogP contribution >= 0.6 is 0 Å². The summed E-state index contributed by atoms with van der Waals surface area (Å²) in [5.41, 5.74) is 3.78. The molecule has 118 valence electrons. The average molecular weight is 306 g/mol. The lowest BCUT2D eigenvalue weighted by atomic mass is 9.85. The van der Waals surface area contributed by atoms with Gasteiger partial charge in [0.25, 0.3) is 0 Å². The van der Waals surface area contributed by atoms with Crippen molar-refractivity contribution in [2.45, 2.75) is 25.9 Å². The maximum Gasteiger partial charge on any atom is 0.138 e. The molecular weight excluding hydrogens is 284 g/mol. The number of fused-ring (bicyclic) bond motifs is 3. The van der Waals surface area contributed by atoms with Gasteiger partial charge in [-0.05, 0) is 48.4 Å². The number of benzene rings is 1. The van der Waals surface area contributed by atoms with Gasteiger partial charge in [0.15, 0.2) is 0 Å². The minimum atomic E-state index is 0.580. The number of hydrogen-bond acceptors (Lipinski definition) is 3. The SMILES string of the molecule is C(=C1CC2CCN1CC2)c1cncc(OCc2ccccc2)c1. The predicted molar refractivity (Wildman–Crippen MR) is 91.9 cm³/mol. The van der Waals surface area contributed by atoms with Crippen molar-refractivity contribution >= 4 is 6.08 Å². The molecule has 1 aromatic heterocycles. The molecule has 4 heterocycles. The van der Waals surface area contributed by atoms with E-state index in [1.807, 2.05) is 24.4 Å². The molecule has 0 saturated carbocycles. The van der Waals surface area contributed by atoms with E-state index < -0.39 is 0 Å². The Balaban J connectivity index is 1.46. The van der Waals surface area contributed by atoms with Gasteiger partial charge in [0.1, 0.15) is 12.4 Å². The Labute approximate surface area is 137 Å². The van der Waals surface area contributed by atoms with Crippen LogP contribution in [0.3, 0.4) is 0 Å². The van der Waals surface area contributed by atoms with E-state index in [0.29, 0.717) is 6.61 Å². The zero-order valence-electron chi connectivity index (χ0n) is 13.3. The van der Waals surface area contributed by atoms with Crippen LogP contribution in [-0.4, -0.2) is 23.0 Å². The van der Waals surface area contributed by atoms with E-state index in [4.69, 9.17) is 4.74 Å². The number of hydrogen-bond donors (Lipinski definition) is 0. The van der Waals surface area contributed by atoms with Crippen LogP contribution in [0.25, 0.3) is 6.08 Å². The number of piperidine rings is 3. The van der Waals surface area contributed by atoms with Crippen LogP contribution in [0, 0.1) is 5.92 Å². The van der Waals surface area contributed by atoms with Crippen molar-refractivity contribution in [1.82, 2.24) is 9.88 Å². The fourth-order valence-electron chi connectivity index (χ4n) is 3.53. The van der Waals surface area contributed by atoms with Gasteiger partial charge in [-0.3, -0.25) is 4.98 Å². The predicted octanol–water partition coefficient (Wildman–Crippen LogP) is 4.12. The lowest BCUT2D eigenvalue weighted by Crippen LogP contribution is -2.39. The van der Waals surface area contributed by atoms with E-state index in [1.165, 1.54) is 43.6 Å². The van der Waals surface area contributed by atoms with Gasteiger partial charge < -0.3 is 9.64 Å². The van der Waals surface area contributed by atoms with E-state index >= 15 is 0 Å². The Morgan fingerprint density at radius 2 is 1.96 bits per heavy atom. The first-order valence-electron chi connectivity index (χ1n) is 8.44. The summed E-state index contributed by atoms with van der Waals surface area (Å²) >= 11 is 0. The summed E-state index contributed by atoms with van der Waals surface area (Å²) in [5.74, 6) is 1.72. The van der Waals surface area contributed by atoms with E-state index in [-0.39, 0.29) is 0 Å². The molecule has 3 fully saturated rings. The topological polar surface area (TPSA) is 25.4 Å². The number of allylic oxidation sites excluding steroid dienone is 1. The Morgan fingerprint density at radius 1 is 1.13 bits per heavy atom. The van der Waals surface area contributed by atoms with E-state index in [2.05, 4.69) is 34.2 Å². The molecule has 5 rings (SSSR count). The van der Waals surface area contributed by atoms with Gasteiger partial charge in [0.2, 0.25) is 0 Å². The first kappa shape index (κ1) is 14.3. The van der Waals surface area contributed by atoms with Crippen molar-refractivity contribution in [2.24, 2.45) is 5.92 Å². The number of nitrogens with zero attached hydrogens (tertiary/aromatic N) is 2.